The molecular formula is C21H25BrN2O3S. The zero-order chi connectivity index (χ0) is 20.5. The number of carbonyl (C=O) groups is 1. The number of aryl methyl sites for hydroxylation is 3. The van der Waals surface area contributed by atoms with Crippen LogP contribution in [0.15, 0.2) is 40.9 Å². The maximum Gasteiger partial charge on any atom is 0.241 e. The largest absolute Gasteiger partial charge is 0.348 e. The zero-order valence-corrected chi connectivity index (χ0v) is 18.7. The molecule has 0 fully saturated rings. The number of hydrogen-bond acceptors (Lipinski definition) is 3. The van der Waals surface area contributed by atoms with Gasteiger partial charge in [0.1, 0.15) is 6.54 Å². The standard InChI is InChI=1S/C21H25BrN2O3S/c1-14-11-19(9-10-20(14)22)24(28(3,26)27)13-21(25)23-15(2)17-8-7-16-5-4-6-18(16)12-17/h7-12,15H,4-6,13H2,1-3H3,(H,23,25)/t15-/m0/s1. The van der Waals surface area contributed by atoms with E-state index in [0.717, 1.165) is 39.0 Å². The Morgan fingerprint density at radius 2 is 1.89 bits per heavy atom. The summed E-state index contributed by atoms with van der Waals surface area (Å²) in [4.78, 5) is 12.6. The van der Waals surface area contributed by atoms with E-state index in [9.17, 15) is 13.2 Å². The Kier molecular flexibility index (Phi) is 6.15. The van der Waals surface area contributed by atoms with Crippen molar-refractivity contribution in [3.05, 3.63) is 63.1 Å². The van der Waals surface area contributed by atoms with Crippen molar-refractivity contribution < 1.29 is 13.2 Å². The van der Waals surface area contributed by atoms with E-state index in [1.807, 2.05) is 19.9 Å². The number of anilines is 1. The van der Waals surface area contributed by atoms with Crippen molar-refractivity contribution in [2.45, 2.75) is 39.2 Å². The van der Waals surface area contributed by atoms with E-state index in [0.29, 0.717) is 5.69 Å². The molecule has 1 aliphatic carbocycles. The molecular weight excluding hydrogens is 440 g/mol. The molecule has 3 rings (SSSR count). The topological polar surface area (TPSA) is 66.5 Å². The van der Waals surface area contributed by atoms with Crippen molar-refractivity contribution in [3.8, 4) is 0 Å². The van der Waals surface area contributed by atoms with E-state index in [1.165, 1.54) is 17.5 Å². The van der Waals surface area contributed by atoms with E-state index in [2.05, 4.69) is 33.4 Å². The minimum Gasteiger partial charge on any atom is -0.348 e. The maximum absolute atomic E-state index is 12.6. The molecule has 1 amide bonds. The van der Waals surface area contributed by atoms with Gasteiger partial charge in [-0.15, -0.1) is 0 Å². The van der Waals surface area contributed by atoms with Gasteiger partial charge in [-0.1, -0.05) is 34.1 Å². The van der Waals surface area contributed by atoms with E-state index in [1.54, 1.807) is 18.2 Å². The number of halogens is 1. The van der Waals surface area contributed by atoms with Crippen LogP contribution in [-0.2, 0) is 27.7 Å². The van der Waals surface area contributed by atoms with Crippen LogP contribution in [0, 0.1) is 6.92 Å². The Labute approximate surface area is 175 Å². The van der Waals surface area contributed by atoms with Gasteiger partial charge in [-0.05, 0) is 73.6 Å². The van der Waals surface area contributed by atoms with Crippen LogP contribution in [0.3, 0.4) is 0 Å². The highest BCUT2D eigenvalue weighted by Gasteiger charge is 2.23. The number of fused-ring (bicyclic) bond motifs is 1. The van der Waals surface area contributed by atoms with E-state index in [4.69, 9.17) is 0 Å². The Balaban J connectivity index is 1.74. The molecule has 0 aromatic heterocycles. The van der Waals surface area contributed by atoms with Crippen molar-refractivity contribution in [3.63, 3.8) is 0 Å². The third kappa shape index (κ3) is 4.75. The van der Waals surface area contributed by atoms with Crippen molar-refractivity contribution in [2.24, 2.45) is 0 Å². The molecule has 1 atom stereocenters. The first kappa shape index (κ1) is 20.9. The van der Waals surface area contributed by atoms with Gasteiger partial charge in [0.15, 0.2) is 0 Å². The summed E-state index contributed by atoms with van der Waals surface area (Å²) in [6.45, 7) is 3.54. The molecule has 0 spiro atoms. The Morgan fingerprint density at radius 1 is 1.18 bits per heavy atom. The number of carbonyl (C=O) groups excluding carboxylic acids is 1. The quantitative estimate of drug-likeness (QED) is 0.704. The number of nitrogens with zero attached hydrogens (tertiary/aromatic N) is 1. The summed E-state index contributed by atoms with van der Waals surface area (Å²) >= 11 is 3.41. The van der Waals surface area contributed by atoms with Crippen LogP contribution in [-0.4, -0.2) is 27.1 Å². The third-order valence-corrected chi connectivity index (χ3v) is 7.15. The van der Waals surface area contributed by atoms with Crippen molar-refractivity contribution in [1.82, 2.24) is 5.32 Å². The average Bonchev–Trinajstić information content (AvgIpc) is 3.09. The second-order valence-electron chi connectivity index (χ2n) is 7.37. The molecule has 0 saturated carbocycles. The molecule has 0 bridgehead atoms. The summed E-state index contributed by atoms with van der Waals surface area (Å²) < 4.78 is 26.6. The predicted octanol–water partition coefficient (Wildman–Crippen LogP) is 3.89. The summed E-state index contributed by atoms with van der Waals surface area (Å²) in [5, 5.41) is 2.93. The highest BCUT2D eigenvalue weighted by molar-refractivity contribution is 9.10. The maximum atomic E-state index is 12.6. The molecule has 1 N–H and O–H groups in total. The number of rotatable bonds is 6. The first-order valence-electron chi connectivity index (χ1n) is 9.30. The molecule has 0 saturated heterocycles. The van der Waals surface area contributed by atoms with Gasteiger partial charge in [-0.2, -0.15) is 0 Å². The summed E-state index contributed by atoms with van der Waals surface area (Å²) in [6.07, 6.45) is 4.48. The van der Waals surface area contributed by atoms with Crippen LogP contribution in [0.5, 0.6) is 0 Å². The average molecular weight is 465 g/mol. The number of sulfonamides is 1. The van der Waals surface area contributed by atoms with Crippen LogP contribution < -0.4 is 9.62 Å². The molecule has 2 aromatic carbocycles. The van der Waals surface area contributed by atoms with Gasteiger partial charge in [0.25, 0.3) is 0 Å². The van der Waals surface area contributed by atoms with Crippen molar-refractivity contribution in [2.75, 3.05) is 17.1 Å². The van der Waals surface area contributed by atoms with Gasteiger partial charge in [0, 0.05) is 4.47 Å². The molecule has 0 unspecified atom stereocenters. The monoisotopic (exact) mass is 464 g/mol. The Hall–Kier alpha value is -1.86. The summed E-state index contributed by atoms with van der Waals surface area (Å²) in [5.74, 6) is -0.334. The lowest BCUT2D eigenvalue weighted by Crippen LogP contribution is -2.41. The summed E-state index contributed by atoms with van der Waals surface area (Å²) in [7, 11) is -3.59. The fourth-order valence-corrected chi connectivity index (χ4v) is 4.64. The van der Waals surface area contributed by atoms with Crippen molar-refractivity contribution in [1.29, 1.82) is 0 Å². The van der Waals surface area contributed by atoms with Crippen LogP contribution in [0.1, 0.15) is 41.6 Å². The van der Waals surface area contributed by atoms with Crippen LogP contribution in [0.2, 0.25) is 0 Å². The van der Waals surface area contributed by atoms with Gasteiger partial charge in [-0.25, -0.2) is 8.42 Å². The lowest BCUT2D eigenvalue weighted by atomic mass is 10.0. The van der Waals surface area contributed by atoms with E-state index in [-0.39, 0.29) is 18.5 Å². The second kappa shape index (κ2) is 8.25. The SMILES string of the molecule is Cc1cc(N(CC(=O)N[C@@H](C)c2ccc3c(c2)CCC3)S(C)(=O)=O)ccc1Br. The van der Waals surface area contributed by atoms with Crippen LogP contribution >= 0.6 is 15.9 Å². The fraction of sp³-hybridized carbons (Fsp3) is 0.381. The summed E-state index contributed by atoms with van der Waals surface area (Å²) in [6, 6.07) is 11.4. The van der Waals surface area contributed by atoms with Gasteiger partial charge in [0.05, 0.1) is 18.0 Å². The lowest BCUT2D eigenvalue weighted by molar-refractivity contribution is -0.120. The zero-order valence-electron chi connectivity index (χ0n) is 16.3. The molecule has 2 aromatic rings. The molecule has 1 aliphatic rings. The smallest absolute Gasteiger partial charge is 0.241 e. The first-order valence-corrected chi connectivity index (χ1v) is 11.9. The molecule has 0 radical (unpaired) electrons. The Morgan fingerprint density at radius 3 is 2.57 bits per heavy atom. The molecule has 0 aliphatic heterocycles. The third-order valence-electron chi connectivity index (χ3n) is 5.12. The summed E-state index contributed by atoms with van der Waals surface area (Å²) in [5.41, 5.74) is 5.15. The minimum absolute atomic E-state index is 0.188. The molecule has 0 heterocycles. The highest BCUT2D eigenvalue weighted by Crippen LogP contribution is 2.26. The second-order valence-corrected chi connectivity index (χ2v) is 10.1. The molecule has 150 valence electrons. The van der Waals surface area contributed by atoms with Crippen molar-refractivity contribution >= 4 is 37.5 Å². The lowest BCUT2D eigenvalue weighted by Gasteiger charge is -2.24. The molecule has 28 heavy (non-hydrogen) atoms. The van der Waals surface area contributed by atoms with Crippen LogP contribution in [0.4, 0.5) is 5.69 Å². The van der Waals surface area contributed by atoms with E-state index < -0.39 is 10.0 Å². The van der Waals surface area contributed by atoms with Crippen LogP contribution in [0.25, 0.3) is 0 Å². The first-order chi connectivity index (χ1) is 13.1. The Bertz CT molecular complexity index is 1000. The van der Waals surface area contributed by atoms with E-state index >= 15 is 0 Å². The van der Waals surface area contributed by atoms with Gasteiger partial charge in [-0.3, -0.25) is 9.10 Å². The highest BCUT2D eigenvalue weighted by atomic mass is 79.9. The van der Waals surface area contributed by atoms with Gasteiger partial charge >= 0.3 is 0 Å². The molecule has 7 heteroatoms. The number of amides is 1. The number of nitrogens with one attached hydrogen (secondary N) is 1. The normalized spacial score (nSPS) is 14.4. The molecule has 5 nitrogen and oxygen atoms in total. The fourth-order valence-electron chi connectivity index (χ4n) is 3.55. The van der Waals surface area contributed by atoms with Gasteiger partial charge in [0.2, 0.25) is 15.9 Å². The number of benzene rings is 2. The number of hydrogen-bond donors (Lipinski definition) is 1. The predicted molar refractivity (Wildman–Crippen MR) is 116 cm³/mol. The minimum atomic E-state index is -3.59. The van der Waals surface area contributed by atoms with Gasteiger partial charge < -0.3 is 5.32 Å².